The fraction of sp³-hybridized carbons (Fsp3) is 0.552. The maximum absolute atomic E-state index is 14.2. The van der Waals surface area contributed by atoms with Crippen molar-refractivity contribution in [2.24, 2.45) is 17.8 Å². The van der Waals surface area contributed by atoms with Crippen molar-refractivity contribution < 1.29 is 29.0 Å². The average molecular weight is 511 g/mol. The second-order valence-corrected chi connectivity index (χ2v) is 10.6. The van der Waals surface area contributed by atoms with Crippen molar-refractivity contribution in [1.82, 2.24) is 9.80 Å². The van der Waals surface area contributed by atoms with Crippen LogP contribution in [0.2, 0.25) is 0 Å². The number of benzene rings is 1. The topological polar surface area (TPSA) is 96.4 Å². The lowest BCUT2D eigenvalue weighted by atomic mass is 9.62. The minimum atomic E-state index is -1.17. The van der Waals surface area contributed by atoms with E-state index in [0.717, 1.165) is 12.0 Å². The van der Waals surface area contributed by atoms with Gasteiger partial charge in [-0.05, 0) is 37.7 Å². The van der Waals surface area contributed by atoms with E-state index in [1.54, 1.807) is 17.1 Å². The molecule has 1 N–H and O–H groups in total. The van der Waals surface area contributed by atoms with Gasteiger partial charge in [0.1, 0.15) is 17.6 Å². The Hall–Kier alpha value is -2.97. The summed E-state index contributed by atoms with van der Waals surface area (Å²) in [6, 6.07) is 8.66. The molecule has 4 rings (SSSR count). The lowest BCUT2D eigenvalue weighted by molar-refractivity contribution is -0.162. The normalized spacial score (nSPS) is 31.8. The van der Waals surface area contributed by atoms with Gasteiger partial charge in [-0.25, -0.2) is 0 Å². The fourth-order valence-electron chi connectivity index (χ4n) is 6.58. The van der Waals surface area contributed by atoms with E-state index in [4.69, 9.17) is 9.47 Å². The van der Waals surface area contributed by atoms with Crippen molar-refractivity contribution in [2.75, 3.05) is 26.3 Å². The number of hydrogen-bond donors (Lipinski definition) is 1. The lowest BCUT2D eigenvalue weighted by Crippen LogP contribution is -2.56. The fourth-order valence-corrected chi connectivity index (χ4v) is 6.58. The standard InChI is InChI=1S/C29H38N2O6/c1-5-7-11-17-36-27(35)23-22-25(33)31(15-16-32)24(29(22)18-20(3)28(23,4)37-29)26(34)30(14-6-2)19-21-12-9-8-10-13-21/h5-6,8-10,12-13,20,22-24,32H,1-2,7,11,14-19H2,3-4H3/t20?,22-,23-,24?,28+,29?/m0/s1. The highest BCUT2D eigenvalue weighted by Gasteiger charge is 2.80. The molecule has 1 aromatic rings. The third-order valence-electron chi connectivity index (χ3n) is 8.32. The number of unbranched alkanes of at least 4 members (excludes halogenated alkanes) is 1. The number of β-amino-alcohol motifs (C(OH)–C–C–N with tert-alkyl or cyclic N) is 1. The van der Waals surface area contributed by atoms with Crippen molar-refractivity contribution in [2.45, 2.75) is 56.9 Å². The zero-order valence-electron chi connectivity index (χ0n) is 21.8. The summed E-state index contributed by atoms with van der Waals surface area (Å²) < 4.78 is 12.3. The maximum Gasteiger partial charge on any atom is 0.312 e. The highest BCUT2D eigenvalue weighted by Crippen LogP contribution is 2.65. The van der Waals surface area contributed by atoms with Crippen LogP contribution in [0, 0.1) is 17.8 Å². The van der Waals surface area contributed by atoms with Crippen LogP contribution in [0.1, 0.15) is 38.7 Å². The molecule has 3 saturated heterocycles. The van der Waals surface area contributed by atoms with Gasteiger partial charge in [0.2, 0.25) is 11.8 Å². The molecule has 6 atom stereocenters. The van der Waals surface area contributed by atoms with E-state index in [-0.39, 0.29) is 44.0 Å². The first kappa shape index (κ1) is 27.1. The Balaban J connectivity index is 1.70. The first-order valence-electron chi connectivity index (χ1n) is 13.1. The zero-order chi connectivity index (χ0) is 26.8. The third kappa shape index (κ3) is 4.50. The minimum absolute atomic E-state index is 0.0175. The molecule has 3 heterocycles. The summed E-state index contributed by atoms with van der Waals surface area (Å²) in [6.45, 7) is 11.9. The van der Waals surface area contributed by atoms with E-state index < -0.39 is 35.0 Å². The Bertz CT molecular complexity index is 1040. The van der Waals surface area contributed by atoms with Crippen LogP contribution in [-0.4, -0.2) is 76.2 Å². The highest BCUT2D eigenvalue weighted by molar-refractivity contribution is 5.98. The summed E-state index contributed by atoms with van der Waals surface area (Å²) in [5.74, 6) is -2.83. The molecule has 3 fully saturated rings. The molecule has 200 valence electrons. The van der Waals surface area contributed by atoms with Gasteiger partial charge in [-0.15, -0.1) is 13.2 Å². The molecule has 8 heteroatoms. The van der Waals surface area contributed by atoms with Crippen LogP contribution in [0.5, 0.6) is 0 Å². The van der Waals surface area contributed by atoms with Gasteiger partial charge in [0, 0.05) is 19.6 Å². The van der Waals surface area contributed by atoms with Crippen LogP contribution in [0.4, 0.5) is 0 Å². The molecular weight excluding hydrogens is 472 g/mol. The molecule has 3 aliphatic heterocycles. The van der Waals surface area contributed by atoms with E-state index >= 15 is 0 Å². The van der Waals surface area contributed by atoms with E-state index in [1.807, 2.05) is 44.2 Å². The third-order valence-corrected chi connectivity index (χ3v) is 8.32. The molecule has 1 spiro atoms. The minimum Gasteiger partial charge on any atom is -0.465 e. The number of aliphatic hydroxyl groups is 1. The number of aliphatic hydroxyl groups excluding tert-OH is 1. The van der Waals surface area contributed by atoms with Gasteiger partial charge in [-0.3, -0.25) is 14.4 Å². The van der Waals surface area contributed by atoms with Gasteiger partial charge in [0.15, 0.2) is 0 Å². The van der Waals surface area contributed by atoms with Gasteiger partial charge in [-0.2, -0.15) is 0 Å². The Morgan fingerprint density at radius 3 is 2.65 bits per heavy atom. The summed E-state index contributed by atoms with van der Waals surface area (Å²) >= 11 is 0. The van der Waals surface area contributed by atoms with Crippen LogP contribution in [0.25, 0.3) is 0 Å². The summed E-state index contributed by atoms with van der Waals surface area (Å²) in [7, 11) is 0. The number of amides is 2. The Morgan fingerprint density at radius 2 is 2.00 bits per heavy atom. The van der Waals surface area contributed by atoms with E-state index in [1.165, 1.54) is 4.90 Å². The summed E-state index contributed by atoms with van der Waals surface area (Å²) in [6.07, 6.45) is 5.25. The van der Waals surface area contributed by atoms with Gasteiger partial charge < -0.3 is 24.4 Å². The summed E-state index contributed by atoms with van der Waals surface area (Å²) in [5.41, 5.74) is -1.15. The molecule has 0 aromatic heterocycles. The van der Waals surface area contributed by atoms with Crippen LogP contribution in [-0.2, 0) is 30.4 Å². The van der Waals surface area contributed by atoms with Crippen molar-refractivity contribution in [3.05, 3.63) is 61.2 Å². The molecule has 8 nitrogen and oxygen atoms in total. The predicted octanol–water partition coefficient (Wildman–Crippen LogP) is 2.71. The van der Waals surface area contributed by atoms with Gasteiger partial charge in [0.05, 0.1) is 24.7 Å². The molecular formula is C29H38N2O6. The number of rotatable bonds is 12. The quantitative estimate of drug-likeness (QED) is 0.264. The van der Waals surface area contributed by atoms with Gasteiger partial charge in [-0.1, -0.05) is 49.4 Å². The molecule has 3 aliphatic rings. The molecule has 2 bridgehead atoms. The number of hydrogen-bond acceptors (Lipinski definition) is 6. The van der Waals surface area contributed by atoms with Gasteiger partial charge in [0.25, 0.3) is 0 Å². The Labute approximate surface area is 218 Å². The first-order valence-corrected chi connectivity index (χ1v) is 13.1. The number of allylic oxidation sites excluding steroid dienone is 1. The van der Waals surface area contributed by atoms with Crippen molar-refractivity contribution in [3.63, 3.8) is 0 Å². The SMILES string of the molecule is C=CCCCOC(=O)[C@@H]1[C@H]2C(=O)N(CCO)C(C(=O)N(CC=C)Cc3ccccc3)C23CC(C)[C@@]1(C)O3. The largest absolute Gasteiger partial charge is 0.465 e. The van der Waals surface area contributed by atoms with Gasteiger partial charge >= 0.3 is 5.97 Å². The predicted molar refractivity (Wildman–Crippen MR) is 138 cm³/mol. The number of fused-ring (bicyclic) bond motifs is 1. The maximum atomic E-state index is 14.2. The smallest absolute Gasteiger partial charge is 0.312 e. The summed E-state index contributed by atoms with van der Waals surface area (Å²) in [4.78, 5) is 44.6. The van der Waals surface area contributed by atoms with E-state index in [9.17, 15) is 19.5 Å². The second-order valence-electron chi connectivity index (χ2n) is 10.6. The monoisotopic (exact) mass is 510 g/mol. The average Bonchev–Trinajstić information content (AvgIpc) is 3.39. The highest BCUT2D eigenvalue weighted by atomic mass is 16.6. The molecule has 37 heavy (non-hydrogen) atoms. The van der Waals surface area contributed by atoms with E-state index in [2.05, 4.69) is 13.2 Å². The van der Waals surface area contributed by atoms with E-state index in [0.29, 0.717) is 19.4 Å². The number of carbonyl (C=O) groups is 3. The molecule has 1 aromatic carbocycles. The number of esters is 1. The van der Waals surface area contributed by atoms with Crippen molar-refractivity contribution >= 4 is 17.8 Å². The first-order chi connectivity index (χ1) is 17.7. The molecule has 2 amide bonds. The number of ether oxygens (including phenoxy) is 2. The van der Waals surface area contributed by atoms with Crippen LogP contribution >= 0.6 is 0 Å². The van der Waals surface area contributed by atoms with Crippen LogP contribution in [0.15, 0.2) is 55.6 Å². The molecule has 3 unspecified atom stereocenters. The Morgan fingerprint density at radius 1 is 1.27 bits per heavy atom. The second kappa shape index (κ2) is 10.8. The number of carbonyl (C=O) groups excluding carboxylic acids is 3. The summed E-state index contributed by atoms with van der Waals surface area (Å²) in [5, 5.41) is 9.82. The lowest BCUT2D eigenvalue weighted by Gasteiger charge is -2.37. The Kier molecular flexibility index (Phi) is 7.90. The molecule has 0 saturated carbocycles. The zero-order valence-corrected chi connectivity index (χ0v) is 21.8. The molecule has 0 radical (unpaired) electrons. The van der Waals surface area contributed by atoms with Crippen molar-refractivity contribution in [1.29, 1.82) is 0 Å². The van der Waals surface area contributed by atoms with Crippen LogP contribution in [0.3, 0.4) is 0 Å². The van der Waals surface area contributed by atoms with Crippen molar-refractivity contribution in [3.8, 4) is 0 Å². The number of nitrogens with zero attached hydrogens (tertiary/aromatic N) is 2. The van der Waals surface area contributed by atoms with Crippen LogP contribution < -0.4 is 0 Å². The molecule has 0 aliphatic carbocycles. The number of likely N-dealkylation sites (tertiary alicyclic amines) is 1.